The number of hydrogen-bond donors (Lipinski definition) is 5. The van der Waals surface area contributed by atoms with Crippen LogP contribution in [0.15, 0.2) is 79.9 Å². The Kier molecular flexibility index (Phi) is 16.3. The van der Waals surface area contributed by atoms with Crippen molar-refractivity contribution in [2.75, 3.05) is 0 Å². The molecule has 2 heterocycles. The number of hydrogen-bond acceptors (Lipinski definition) is 15. The van der Waals surface area contributed by atoms with E-state index in [0.717, 1.165) is 11.6 Å². The van der Waals surface area contributed by atoms with Crippen LogP contribution >= 0.6 is 11.6 Å². The Bertz CT molecular complexity index is 2150. The normalized spacial score (nSPS) is 10.9. The summed E-state index contributed by atoms with van der Waals surface area (Å²) in [6.07, 6.45) is 0. The van der Waals surface area contributed by atoms with Gasteiger partial charge < -0.3 is 25.0 Å². The number of aromatic amines is 1. The summed E-state index contributed by atoms with van der Waals surface area (Å²) in [6, 6.07) is 12.6. The molecule has 3 aromatic carbocycles. The van der Waals surface area contributed by atoms with E-state index in [2.05, 4.69) is 35.8 Å². The van der Waals surface area contributed by atoms with Crippen molar-refractivity contribution in [2.45, 2.75) is 25.7 Å². The second-order valence-corrected chi connectivity index (χ2v) is 11.4. The van der Waals surface area contributed by atoms with Crippen LogP contribution in [0.3, 0.4) is 0 Å². The standard InChI is InChI=1S/C17H15N5O7S.C10H9ClN4O2.Cr.Li.Na/c1-9-3-5-11(6-4-9)21-17(24)15(10(2)20-21)19-18-13-7-12(22(25)26)8-14(16(13)23)30(27,28)29;1-5-9(10(17)15-12-5)14-13-7-4-6(11)2-3-8(7)16;;;/h3-8,23-24H,1-2H3,(H,27,28,29);2-4,16H,1H3,(H2,12,15,17);;;/q;;;2*+1/p-1. The van der Waals surface area contributed by atoms with Crippen molar-refractivity contribution in [1.29, 1.82) is 0 Å². The van der Waals surface area contributed by atoms with Crippen molar-refractivity contribution in [1.82, 2.24) is 20.0 Å². The number of aromatic nitrogens is 4. The van der Waals surface area contributed by atoms with Gasteiger partial charge in [-0.15, -0.1) is 20.5 Å². The smallest absolute Gasteiger partial charge is 0.744 e. The van der Waals surface area contributed by atoms with E-state index in [1.807, 2.05) is 6.92 Å². The quantitative estimate of drug-likeness (QED) is 0.0495. The Hall–Kier alpha value is -3.79. The van der Waals surface area contributed by atoms with Gasteiger partial charge in [-0.1, -0.05) is 29.3 Å². The van der Waals surface area contributed by atoms with Gasteiger partial charge in [-0.3, -0.25) is 10.1 Å². The molecule has 5 rings (SSSR count). The van der Waals surface area contributed by atoms with Crippen LogP contribution in [0.25, 0.3) is 5.69 Å². The number of rotatable bonds is 7. The van der Waals surface area contributed by atoms with Gasteiger partial charge in [-0.25, -0.2) is 13.5 Å². The summed E-state index contributed by atoms with van der Waals surface area (Å²) in [6.45, 7) is 5.07. The maximum Gasteiger partial charge on any atom is 1.00 e. The number of nitro groups is 1. The van der Waals surface area contributed by atoms with E-state index in [1.165, 1.54) is 29.8 Å². The van der Waals surface area contributed by atoms with Crippen LogP contribution in [0.2, 0.25) is 5.02 Å². The molecule has 5 N–H and O–H groups in total. The summed E-state index contributed by atoms with van der Waals surface area (Å²) in [5.74, 6) is -1.71. The third-order valence-corrected chi connectivity index (χ3v) is 7.24. The number of azo groups is 2. The van der Waals surface area contributed by atoms with E-state index in [0.29, 0.717) is 22.5 Å². The van der Waals surface area contributed by atoms with Crippen molar-refractivity contribution in [2.24, 2.45) is 20.5 Å². The SMILES string of the molecule is Cc1ccc(-n2nc(C)c(N=Nc3cc([N+](=O)[O-])cc(S(=O)(=O)[O-])c3O)c2O)cc1.Cc1n[nH]c(O)c1N=Nc1cc(Cl)ccc1O.[Cr].[Li+].[Na+]. The Morgan fingerprint density at radius 3 is 2.04 bits per heavy atom. The molecule has 0 bridgehead atoms. The molecular formula is C27H23ClCrLiN9NaO9S+. The second kappa shape index (κ2) is 18.4. The summed E-state index contributed by atoms with van der Waals surface area (Å²) >= 11 is 5.76. The molecule has 0 aliphatic rings. The maximum atomic E-state index is 11.3. The fourth-order valence-electron chi connectivity index (χ4n) is 3.76. The first-order valence-electron chi connectivity index (χ1n) is 13.0. The zero-order valence-electron chi connectivity index (χ0n) is 26.8. The van der Waals surface area contributed by atoms with E-state index >= 15 is 0 Å². The van der Waals surface area contributed by atoms with Crippen LogP contribution in [0.5, 0.6) is 23.3 Å². The Morgan fingerprint density at radius 1 is 0.880 bits per heavy atom. The number of phenols is 2. The average Bonchev–Trinajstić information content (AvgIpc) is 3.48. The van der Waals surface area contributed by atoms with Crippen molar-refractivity contribution >= 4 is 50.2 Å². The molecule has 0 fully saturated rings. The molecular weight excluding hydrogens is 744 g/mol. The largest absolute Gasteiger partial charge is 1.00 e. The van der Waals surface area contributed by atoms with Gasteiger partial charge in [0.15, 0.2) is 17.1 Å². The minimum Gasteiger partial charge on any atom is -0.744 e. The molecule has 0 atom stereocenters. The Labute approximate surface area is 333 Å². The summed E-state index contributed by atoms with van der Waals surface area (Å²) in [4.78, 5) is 8.85. The number of aryl methyl sites for hydroxylation is 3. The molecule has 250 valence electrons. The molecule has 23 heteroatoms. The fourth-order valence-corrected chi connectivity index (χ4v) is 4.53. The number of halogens is 1. The predicted octanol–water partition coefficient (Wildman–Crippen LogP) is 0.332. The van der Waals surface area contributed by atoms with Gasteiger partial charge in [0.05, 0.1) is 22.0 Å². The van der Waals surface area contributed by atoms with Crippen LogP contribution in [-0.4, -0.2) is 58.3 Å². The minimum atomic E-state index is -5.22. The van der Waals surface area contributed by atoms with Crippen molar-refractivity contribution in [3.8, 4) is 28.9 Å². The number of nitrogens with one attached hydrogen (secondary N) is 1. The summed E-state index contributed by atoms with van der Waals surface area (Å²) in [7, 11) is -5.22. The van der Waals surface area contributed by atoms with Gasteiger partial charge in [0, 0.05) is 34.5 Å². The Morgan fingerprint density at radius 2 is 1.48 bits per heavy atom. The van der Waals surface area contributed by atoms with E-state index in [-0.39, 0.29) is 100 Å². The molecule has 0 radical (unpaired) electrons. The van der Waals surface area contributed by atoms with Crippen LogP contribution in [0.1, 0.15) is 17.0 Å². The maximum absolute atomic E-state index is 11.3. The third kappa shape index (κ3) is 10.6. The van der Waals surface area contributed by atoms with Gasteiger partial charge in [0.2, 0.25) is 11.8 Å². The number of nitro benzene ring substituents is 1. The molecule has 0 unspecified atom stereocenters. The monoisotopic (exact) mass is 766 g/mol. The molecule has 0 aliphatic carbocycles. The van der Waals surface area contributed by atoms with Crippen LogP contribution in [0.4, 0.5) is 28.4 Å². The van der Waals surface area contributed by atoms with E-state index in [1.54, 1.807) is 31.2 Å². The molecule has 0 saturated heterocycles. The van der Waals surface area contributed by atoms with Crippen LogP contribution in [-0.2, 0) is 27.5 Å². The molecule has 0 saturated carbocycles. The summed E-state index contributed by atoms with van der Waals surface area (Å²) < 4.78 is 35.0. The topological polar surface area (TPSA) is 277 Å². The van der Waals surface area contributed by atoms with Gasteiger partial charge in [0.25, 0.3) is 5.69 Å². The molecule has 5 aromatic rings. The average molecular weight is 767 g/mol. The number of aromatic hydroxyl groups is 4. The number of phenolic OH excluding ortho intramolecular Hbond substituents is 2. The zero-order valence-corrected chi connectivity index (χ0v) is 31.6. The second-order valence-electron chi connectivity index (χ2n) is 9.57. The molecule has 0 spiro atoms. The van der Waals surface area contributed by atoms with E-state index < -0.39 is 42.9 Å². The molecule has 0 aliphatic heterocycles. The van der Waals surface area contributed by atoms with Gasteiger partial charge in [-0.05, 0) is 51.1 Å². The van der Waals surface area contributed by atoms with Gasteiger partial charge in [0.1, 0.15) is 32.1 Å². The fraction of sp³-hybridized carbons (Fsp3) is 0.111. The Balaban J connectivity index is 0.000000536. The number of H-pyrrole nitrogens is 1. The molecule has 0 amide bonds. The van der Waals surface area contributed by atoms with Gasteiger partial charge >= 0.3 is 48.4 Å². The van der Waals surface area contributed by atoms with E-state index in [9.17, 15) is 43.5 Å². The number of nitrogens with zero attached hydrogens (tertiary/aromatic N) is 8. The zero-order chi connectivity index (χ0) is 34.6. The van der Waals surface area contributed by atoms with E-state index in [4.69, 9.17) is 11.6 Å². The number of benzene rings is 3. The molecule has 18 nitrogen and oxygen atoms in total. The molecule has 50 heavy (non-hydrogen) atoms. The summed E-state index contributed by atoms with van der Waals surface area (Å²) in [5.41, 5.74) is 1.17. The van der Waals surface area contributed by atoms with Crippen LogP contribution < -0.4 is 48.4 Å². The van der Waals surface area contributed by atoms with Crippen LogP contribution in [0, 0.1) is 30.9 Å². The number of non-ortho nitro benzene ring substituents is 1. The van der Waals surface area contributed by atoms with Crippen molar-refractivity contribution < 1.29 is 104 Å². The predicted molar refractivity (Wildman–Crippen MR) is 164 cm³/mol. The molecule has 2 aromatic heterocycles. The first-order valence-corrected chi connectivity index (χ1v) is 14.7. The first kappa shape index (κ1) is 44.2. The summed E-state index contributed by atoms with van der Waals surface area (Å²) in [5, 5.41) is 76.0. The third-order valence-electron chi connectivity index (χ3n) is 6.15. The first-order chi connectivity index (χ1) is 22.1. The van der Waals surface area contributed by atoms with Crippen molar-refractivity contribution in [3.63, 3.8) is 0 Å². The van der Waals surface area contributed by atoms with Gasteiger partial charge in [-0.2, -0.15) is 14.9 Å². The van der Waals surface area contributed by atoms with Crippen molar-refractivity contribution in [3.05, 3.63) is 86.7 Å². The minimum absolute atomic E-state index is 0.